The van der Waals surface area contributed by atoms with E-state index in [1.807, 2.05) is 0 Å². The molecular weight excluding hydrogens is 316 g/mol. The van der Waals surface area contributed by atoms with Crippen LogP contribution in [0.25, 0.3) is 0 Å². The first-order valence-electron chi connectivity index (χ1n) is 9.74. The summed E-state index contributed by atoms with van der Waals surface area (Å²) < 4.78 is 5.35. The van der Waals surface area contributed by atoms with Gasteiger partial charge < -0.3 is 14.6 Å². The SMILES string of the molecule is COC(=O)[C@@]12C(C(C)C)=C[C@H]3C[C@]1(C=O)[C@@H]1CC[C@@H](C)[C@H]1C[C@]32CO. The number of esters is 1. The van der Waals surface area contributed by atoms with Gasteiger partial charge in [-0.15, -0.1) is 0 Å². The lowest BCUT2D eigenvalue weighted by Gasteiger charge is -2.58. The highest BCUT2D eigenvalue weighted by molar-refractivity contribution is 5.91. The lowest BCUT2D eigenvalue weighted by atomic mass is 9.43. The zero-order chi connectivity index (χ0) is 18.2. The molecule has 138 valence electrons. The summed E-state index contributed by atoms with van der Waals surface area (Å²) >= 11 is 0. The van der Waals surface area contributed by atoms with E-state index in [2.05, 4.69) is 26.8 Å². The third-order valence-electron chi connectivity index (χ3n) is 8.57. The van der Waals surface area contributed by atoms with Gasteiger partial charge in [0.1, 0.15) is 11.7 Å². The highest BCUT2D eigenvalue weighted by atomic mass is 16.5. The van der Waals surface area contributed by atoms with E-state index in [1.165, 1.54) is 7.11 Å². The van der Waals surface area contributed by atoms with Gasteiger partial charge in [0, 0.05) is 5.41 Å². The number of aldehydes is 1. The molecule has 0 aliphatic heterocycles. The maximum absolute atomic E-state index is 13.4. The molecule has 7 atom stereocenters. The maximum Gasteiger partial charge on any atom is 0.317 e. The lowest BCUT2D eigenvalue weighted by molar-refractivity contribution is -0.187. The first-order chi connectivity index (χ1) is 11.9. The van der Waals surface area contributed by atoms with Crippen molar-refractivity contribution < 1.29 is 19.4 Å². The van der Waals surface area contributed by atoms with Gasteiger partial charge in [-0.3, -0.25) is 4.79 Å². The molecule has 0 spiro atoms. The molecule has 4 heteroatoms. The van der Waals surface area contributed by atoms with Crippen LogP contribution < -0.4 is 0 Å². The van der Waals surface area contributed by atoms with E-state index in [-0.39, 0.29) is 30.3 Å². The van der Waals surface area contributed by atoms with Crippen molar-refractivity contribution in [1.29, 1.82) is 0 Å². The van der Waals surface area contributed by atoms with Gasteiger partial charge in [-0.25, -0.2) is 0 Å². The van der Waals surface area contributed by atoms with Crippen molar-refractivity contribution in [3.63, 3.8) is 0 Å². The Morgan fingerprint density at radius 1 is 1.40 bits per heavy atom. The van der Waals surface area contributed by atoms with E-state index >= 15 is 0 Å². The number of aliphatic hydroxyl groups excluding tert-OH is 1. The smallest absolute Gasteiger partial charge is 0.317 e. The van der Waals surface area contributed by atoms with Crippen molar-refractivity contribution in [2.24, 2.45) is 45.8 Å². The molecule has 4 rings (SSSR count). The molecule has 0 radical (unpaired) electrons. The topological polar surface area (TPSA) is 63.6 Å². The minimum Gasteiger partial charge on any atom is -0.468 e. The van der Waals surface area contributed by atoms with E-state index in [9.17, 15) is 14.7 Å². The summed E-state index contributed by atoms with van der Waals surface area (Å²) in [5, 5.41) is 10.6. The Hall–Kier alpha value is -1.16. The van der Waals surface area contributed by atoms with E-state index in [1.54, 1.807) is 0 Å². The fraction of sp³-hybridized carbons (Fsp3) is 0.810. The van der Waals surface area contributed by atoms with Crippen LogP contribution in [0.3, 0.4) is 0 Å². The number of fused-ring (bicyclic) bond motifs is 2. The number of rotatable bonds is 4. The molecule has 0 aromatic heterocycles. The molecule has 3 fully saturated rings. The van der Waals surface area contributed by atoms with Crippen LogP contribution in [0.2, 0.25) is 0 Å². The summed E-state index contributed by atoms with van der Waals surface area (Å²) in [6.45, 7) is 6.39. The molecule has 1 N–H and O–H groups in total. The Morgan fingerprint density at radius 2 is 2.12 bits per heavy atom. The van der Waals surface area contributed by atoms with Crippen molar-refractivity contribution in [3.8, 4) is 0 Å². The number of carbonyl (C=O) groups is 2. The van der Waals surface area contributed by atoms with Crippen LogP contribution in [-0.2, 0) is 14.3 Å². The van der Waals surface area contributed by atoms with Crippen molar-refractivity contribution >= 4 is 12.3 Å². The van der Waals surface area contributed by atoms with Gasteiger partial charge in [-0.2, -0.15) is 0 Å². The van der Waals surface area contributed by atoms with Crippen LogP contribution in [-0.4, -0.2) is 31.1 Å². The molecule has 0 saturated heterocycles. The summed E-state index contributed by atoms with van der Waals surface area (Å²) in [7, 11) is 1.43. The second-order valence-corrected chi connectivity index (χ2v) is 9.33. The number of methoxy groups -OCH3 is 1. The van der Waals surface area contributed by atoms with Gasteiger partial charge in [0.15, 0.2) is 0 Å². The summed E-state index contributed by atoms with van der Waals surface area (Å²) in [5.74, 6) is 1.14. The van der Waals surface area contributed by atoms with Gasteiger partial charge >= 0.3 is 5.97 Å². The molecule has 25 heavy (non-hydrogen) atoms. The number of hydrogen-bond acceptors (Lipinski definition) is 4. The molecule has 0 heterocycles. The Morgan fingerprint density at radius 3 is 2.68 bits per heavy atom. The highest BCUT2D eigenvalue weighted by Crippen LogP contribution is 2.82. The standard InChI is InChI=1S/C21H30O4/c1-12(2)17-7-14-8-20(11-23)16-6-5-13(3)15(16)9-19(14,10-22)21(17,20)18(24)25-4/h7,11-16,22H,5-6,8-10H2,1-4H3/t13-,14+,15-,16-,19+,20+,21-/m1/s1. The maximum atomic E-state index is 13.4. The zero-order valence-corrected chi connectivity index (χ0v) is 15.7. The van der Waals surface area contributed by atoms with Crippen molar-refractivity contribution in [2.75, 3.05) is 13.7 Å². The van der Waals surface area contributed by atoms with E-state index in [4.69, 9.17) is 4.74 Å². The van der Waals surface area contributed by atoms with Crippen LogP contribution in [0.15, 0.2) is 11.6 Å². The molecule has 0 aromatic rings. The van der Waals surface area contributed by atoms with Gasteiger partial charge in [0.2, 0.25) is 0 Å². The number of allylic oxidation sites excluding steroid dienone is 1. The average molecular weight is 346 g/mol. The predicted molar refractivity (Wildman–Crippen MR) is 93.5 cm³/mol. The van der Waals surface area contributed by atoms with Crippen LogP contribution >= 0.6 is 0 Å². The van der Waals surface area contributed by atoms with Crippen LogP contribution in [0.1, 0.15) is 46.5 Å². The fourth-order valence-electron chi connectivity index (χ4n) is 7.79. The number of carbonyl (C=O) groups excluding carboxylic acids is 2. The number of ether oxygens (including phenoxy) is 1. The monoisotopic (exact) mass is 346 g/mol. The average Bonchev–Trinajstić information content (AvgIpc) is 3.17. The highest BCUT2D eigenvalue weighted by Gasteiger charge is 2.84. The number of aliphatic hydroxyl groups is 1. The normalized spacial score (nSPS) is 49.9. The van der Waals surface area contributed by atoms with Crippen molar-refractivity contribution in [1.82, 2.24) is 0 Å². The zero-order valence-electron chi connectivity index (χ0n) is 15.7. The minimum absolute atomic E-state index is 0.0506. The van der Waals surface area contributed by atoms with E-state index in [0.29, 0.717) is 18.3 Å². The second-order valence-electron chi connectivity index (χ2n) is 9.33. The summed E-state index contributed by atoms with van der Waals surface area (Å²) in [5.41, 5.74) is -1.22. The summed E-state index contributed by atoms with van der Waals surface area (Å²) in [6, 6.07) is 0. The quantitative estimate of drug-likeness (QED) is 0.483. The first-order valence-corrected chi connectivity index (χ1v) is 9.74. The van der Waals surface area contributed by atoms with Crippen LogP contribution in [0, 0.1) is 45.8 Å². The molecule has 4 nitrogen and oxygen atoms in total. The van der Waals surface area contributed by atoms with Crippen LogP contribution in [0.4, 0.5) is 0 Å². The Bertz CT molecular complexity index is 652. The largest absolute Gasteiger partial charge is 0.468 e. The van der Waals surface area contributed by atoms with Crippen molar-refractivity contribution in [3.05, 3.63) is 11.6 Å². The minimum atomic E-state index is -0.977. The molecule has 3 saturated carbocycles. The lowest BCUT2D eigenvalue weighted by Crippen LogP contribution is -2.63. The first kappa shape index (κ1) is 17.3. The van der Waals surface area contributed by atoms with Crippen LogP contribution in [0.5, 0.6) is 0 Å². The second kappa shape index (κ2) is 5.18. The third-order valence-corrected chi connectivity index (χ3v) is 8.57. The molecular formula is C21H30O4. The van der Waals surface area contributed by atoms with Gasteiger partial charge in [-0.1, -0.05) is 38.8 Å². The molecule has 0 unspecified atom stereocenters. The van der Waals surface area contributed by atoms with Gasteiger partial charge in [-0.05, 0) is 48.9 Å². The predicted octanol–water partition coefficient (Wildman–Crippen LogP) is 2.99. The third kappa shape index (κ3) is 1.56. The van der Waals surface area contributed by atoms with Crippen molar-refractivity contribution in [2.45, 2.75) is 46.5 Å². The fourth-order valence-corrected chi connectivity index (χ4v) is 7.79. The molecule has 4 aliphatic carbocycles. The Labute approximate surface area is 150 Å². The number of hydrogen-bond donors (Lipinski definition) is 1. The molecule has 0 aromatic carbocycles. The molecule has 4 aliphatic rings. The summed E-state index contributed by atoms with van der Waals surface area (Å²) in [6.07, 6.45) is 6.94. The van der Waals surface area contributed by atoms with Gasteiger partial charge in [0.05, 0.1) is 19.1 Å². The Balaban J connectivity index is 2.03. The van der Waals surface area contributed by atoms with Gasteiger partial charge in [0.25, 0.3) is 0 Å². The van der Waals surface area contributed by atoms with E-state index in [0.717, 1.165) is 31.1 Å². The molecule has 0 amide bonds. The molecule has 4 bridgehead atoms. The Kier molecular flexibility index (Phi) is 3.58. The van der Waals surface area contributed by atoms with E-state index < -0.39 is 16.2 Å². The summed E-state index contributed by atoms with van der Waals surface area (Å²) in [4.78, 5) is 26.1.